The number of hydrogen-bond acceptors (Lipinski definition) is 3. The Hall–Kier alpha value is 0.100. The molecular formula is C15H23BrN2S. The third-order valence-corrected chi connectivity index (χ3v) is 6.71. The van der Waals surface area contributed by atoms with Crippen molar-refractivity contribution in [1.82, 2.24) is 10.2 Å². The molecule has 1 aromatic rings. The fourth-order valence-corrected chi connectivity index (χ4v) is 5.28. The van der Waals surface area contributed by atoms with Crippen molar-refractivity contribution in [2.75, 3.05) is 26.2 Å². The third-order valence-electron chi connectivity index (χ3n) is 4.59. The van der Waals surface area contributed by atoms with Crippen LogP contribution < -0.4 is 5.32 Å². The zero-order valence-corrected chi connectivity index (χ0v) is 14.1. The molecule has 3 heterocycles. The van der Waals surface area contributed by atoms with Crippen molar-refractivity contribution in [3.05, 3.63) is 20.3 Å². The topological polar surface area (TPSA) is 15.3 Å². The number of hydrogen-bond donors (Lipinski definition) is 1. The Kier molecular flexibility index (Phi) is 4.32. The van der Waals surface area contributed by atoms with Crippen LogP contribution in [-0.2, 0) is 6.54 Å². The molecule has 2 nitrogen and oxygen atoms in total. The van der Waals surface area contributed by atoms with Gasteiger partial charge in [-0.25, -0.2) is 0 Å². The second kappa shape index (κ2) is 5.84. The summed E-state index contributed by atoms with van der Waals surface area (Å²) in [4.78, 5) is 5.58. The third kappa shape index (κ3) is 3.23. The van der Waals surface area contributed by atoms with E-state index in [1.165, 1.54) is 66.1 Å². The van der Waals surface area contributed by atoms with Crippen LogP contribution in [0.25, 0.3) is 0 Å². The van der Waals surface area contributed by atoms with Gasteiger partial charge in [0.25, 0.3) is 0 Å². The molecule has 0 amide bonds. The molecule has 0 aliphatic carbocycles. The lowest BCUT2D eigenvalue weighted by Gasteiger charge is -2.45. The number of likely N-dealkylation sites (tertiary alicyclic amines) is 1. The standard InChI is InChI=1S/C15H23BrN2S/c1-12-14(16)8-13(19-12)9-18-7-3-5-15(11-18)4-2-6-17-10-15/h8,17H,2-7,9-11H2,1H3. The fraction of sp³-hybridized carbons (Fsp3) is 0.733. The predicted octanol–water partition coefficient (Wildman–Crippen LogP) is 3.78. The molecule has 1 spiro atoms. The summed E-state index contributed by atoms with van der Waals surface area (Å²) in [5.41, 5.74) is 0.569. The molecule has 1 unspecified atom stereocenters. The van der Waals surface area contributed by atoms with Gasteiger partial charge in [0.05, 0.1) is 0 Å². The number of nitrogens with zero attached hydrogens (tertiary/aromatic N) is 1. The number of piperidine rings is 2. The second-order valence-electron chi connectivity index (χ2n) is 6.21. The van der Waals surface area contributed by atoms with Gasteiger partial charge in [-0.2, -0.15) is 0 Å². The first-order chi connectivity index (χ1) is 9.17. The highest BCUT2D eigenvalue weighted by Crippen LogP contribution is 2.37. The molecule has 0 bridgehead atoms. The van der Waals surface area contributed by atoms with E-state index in [0.717, 1.165) is 6.54 Å². The quantitative estimate of drug-likeness (QED) is 0.879. The van der Waals surface area contributed by atoms with Crippen LogP contribution >= 0.6 is 27.3 Å². The van der Waals surface area contributed by atoms with Gasteiger partial charge < -0.3 is 5.32 Å². The Labute approximate surface area is 128 Å². The molecule has 4 heteroatoms. The van der Waals surface area contributed by atoms with Crippen LogP contribution in [0.2, 0.25) is 0 Å². The molecule has 0 aromatic carbocycles. The monoisotopic (exact) mass is 342 g/mol. The van der Waals surface area contributed by atoms with Crippen molar-refractivity contribution in [2.24, 2.45) is 5.41 Å². The van der Waals surface area contributed by atoms with E-state index in [1.807, 2.05) is 11.3 Å². The molecule has 1 aromatic heterocycles. The highest BCUT2D eigenvalue weighted by Gasteiger charge is 2.36. The summed E-state index contributed by atoms with van der Waals surface area (Å²) in [6, 6.07) is 2.31. The summed E-state index contributed by atoms with van der Waals surface area (Å²) in [5.74, 6) is 0. The fourth-order valence-electron chi connectivity index (χ4n) is 3.64. The summed E-state index contributed by atoms with van der Waals surface area (Å²) < 4.78 is 1.28. The van der Waals surface area contributed by atoms with Gasteiger partial charge in [0.15, 0.2) is 0 Å². The summed E-state index contributed by atoms with van der Waals surface area (Å²) >= 11 is 5.57. The lowest BCUT2D eigenvalue weighted by atomic mass is 9.74. The minimum absolute atomic E-state index is 0.569. The maximum atomic E-state index is 3.63. The second-order valence-corrected chi connectivity index (χ2v) is 8.41. The number of rotatable bonds is 2. The predicted molar refractivity (Wildman–Crippen MR) is 85.8 cm³/mol. The van der Waals surface area contributed by atoms with Gasteiger partial charge in [0.1, 0.15) is 0 Å². The molecule has 1 atom stereocenters. The molecule has 2 fully saturated rings. The van der Waals surface area contributed by atoms with E-state index in [-0.39, 0.29) is 0 Å². The SMILES string of the molecule is Cc1sc(CN2CCCC3(CCCNC3)C2)cc1Br. The molecule has 1 N–H and O–H groups in total. The van der Waals surface area contributed by atoms with Crippen LogP contribution in [0.4, 0.5) is 0 Å². The number of aryl methyl sites for hydroxylation is 1. The summed E-state index contributed by atoms with van der Waals surface area (Å²) in [7, 11) is 0. The van der Waals surface area contributed by atoms with Gasteiger partial charge in [-0.1, -0.05) is 0 Å². The maximum absolute atomic E-state index is 3.63. The zero-order chi connectivity index (χ0) is 13.3. The lowest BCUT2D eigenvalue weighted by Crippen LogP contribution is -2.50. The normalized spacial score (nSPS) is 28.9. The molecule has 2 aliphatic rings. The van der Waals surface area contributed by atoms with Gasteiger partial charge in [-0.3, -0.25) is 4.90 Å². The molecule has 19 heavy (non-hydrogen) atoms. The zero-order valence-electron chi connectivity index (χ0n) is 11.7. The van der Waals surface area contributed by atoms with Crippen LogP contribution in [0, 0.1) is 12.3 Å². The van der Waals surface area contributed by atoms with Gasteiger partial charge >= 0.3 is 0 Å². The Morgan fingerprint density at radius 3 is 2.95 bits per heavy atom. The van der Waals surface area contributed by atoms with E-state index in [4.69, 9.17) is 0 Å². The van der Waals surface area contributed by atoms with Crippen molar-refractivity contribution in [3.63, 3.8) is 0 Å². The minimum Gasteiger partial charge on any atom is -0.316 e. The highest BCUT2D eigenvalue weighted by molar-refractivity contribution is 9.10. The molecule has 2 aliphatic heterocycles. The van der Waals surface area contributed by atoms with E-state index in [9.17, 15) is 0 Å². The largest absolute Gasteiger partial charge is 0.316 e. The Balaban J connectivity index is 1.64. The van der Waals surface area contributed by atoms with Gasteiger partial charge in [-0.15, -0.1) is 11.3 Å². The summed E-state index contributed by atoms with van der Waals surface area (Å²) in [5, 5.41) is 3.61. The van der Waals surface area contributed by atoms with E-state index < -0.39 is 0 Å². The van der Waals surface area contributed by atoms with E-state index in [2.05, 4.69) is 39.1 Å². The molecule has 0 radical (unpaired) electrons. The van der Waals surface area contributed by atoms with Crippen molar-refractivity contribution in [1.29, 1.82) is 0 Å². The summed E-state index contributed by atoms with van der Waals surface area (Å²) in [6.07, 6.45) is 5.57. The number of thiophene rings is 1. The van der Waals surface area contributed by atoms with Gasteiger partial charge in [0.2, 0.25) is 0 Å². The Bertz CT molecular complexity index is 412. The molecule has 2 saturated heterocycles. The average molecular weight is 343 g/mol. The molecule has 0 saturated carbocycles. The first kappa shape index (κ1) is 14.1. The van der Waals surface area contributed by atoms with E-state index in [1.54, 1.807) is 0 Å². The molecule has 3 rings (SSSR count). The highest BCUT2D eigenvalue weighted by atomic mass is 79.9. The first-order valence-corrected chi connectivity index (χ1v) is 8.96. The van der Waals surface area contributed by atoms with Crippen molar-refractivity contribution in [2.45, 2.75) is 39.2 Å². The van der Waals surface area contributed by atoms with Crippen LogP contribution in [0.1, 0.15) is 35.4 Å². The molecule has 106 valence electrons. The Morgan fingerprint density at radius 2 is 2.26 bits per heavy atom. The van der Waals surface area contributed by atoms with Crippen LogP contribution in [0.3, 0.4) is 0 Å². The van der Waals surface area contributed by atoms with Crippen molar-refractivity contribution >= 4 is 27.3 Å². The van der Waals surface area contributed by atoms with Crippen LogP contribution in [0.5, 0.6) is 0 Å². The number of halogens is 1. The van der Waals surface area contributed by atoms with E-state index in [0.29, 0.717) is 5.41 Å². The summed E-state index contributed by atoms with van der Waals surface area (Å²) in [6.45, 7) is 8.35. The first-order valence-electron chi connectivity index (χ1n) is 7.35. The van der Waals surface area contributed by atoms with Crippen LogP contribution in [-0.4, -0.2) is 31.1 Å². The van der Waals surface area contributed by atoms with Gasteiger partial charge in [0, 0.05) is 33.9 Å². The maximum Gasteiger partial charge on any atom is 0.0328 e. The van der Waals surface area contributed by atoms with E-state index >= 15 is 0 Å². The number of nitrogens with one attached hydrogen (secondary N) is 1. The average Bonchev–Trinajstić information content (AvgIpc) is 2.69. The lowest BCUT2D eigenvalue weighted by molar-refractivity contribution is 0.0606. The van der Waals surface area contributed by atoms with Crippen molar-refractivity contribution in [3.8, 4) is 0 Å². The minimum atomic E-state index is 0.569. The Morgan fingerprint density at radius 1 is 1.42 bits per heavy atom. The molecular weight excluding hydrogens is 320 g/mol. The smallest absolute Gasteiger partial charge is 0.0328 e. The van der Waals surface area contributed by atoms with Crippen LogP contribution in [0.15, 0.2) is 10.5 Å². The van der Waals surface area contributed by atoms with Gasteiger partial charge in [-0.05, 0) is 73.1 Å². The van der Waals surface area contributed by atoms with Crippen molar-refractivity contribution < 1.29 is 0 Å².